The predicted octanol–water partition coefficient (Wildman–Crippen LogP) is 3.63. The highest BCUT2D eigenvalue weighted by atomic mass is 127. The van der Waals surface area contributed by atoms with E-state index in [9.17, 15) is 13.2 Å². The van der Waals surface area contributed by atoms with E-state index in [1.165, 1.54) is 6.42 Å². The van der Waals surface area contributed by atoms with Crippen molar-refractivity contribution in [1.82, 2.24) is 15.2 Å². The number of nitrogens with one attached hydrogen (secondary N) is 1. The minimum Gasteiger partial charge on any atom is -0.356 e. The van der Waals surface area contributed by atoms with E-state index in [2.05, 4.69) is 27.1 Å². The number of halogens is 4. The lowest BCUT2D eigenvalue weighted by atomic mass is 10.0. The zero-order valence-corrected chi connectivity index (χ0v) is 16.3. The maximum absolute atomic E-state index is 12.5. The minimum atomic E-state index is -4.36. The van der Waals surface area contributed by atoms with Gasteiger partial charge in [0.15, 0.2) is 11.7 Å². The van der Waals surface area contributed by atoms with Gasteiger partial charge in [-0.2, -0.15) is 13.2 Å². The number of piperidine rings is 1. The highest BCUT2D eigenvalue weighted by Crippen LogP contribution is 2.30. The molecule has 2 rings (SSSR count). The summed E-state index contributed by atoms with van der Waals surface area (Å²) in [6, 6.07) is 0. The van der Waals surface area contributed by atoms with Gasteiger partial charge in [0.05, 0.1) is 5.01 Å². The highest BCUT2D eigenvalue weighted by molar-refractivity contribution is 14.0. The molecule has 0 radical (unpaired) electrons. The van der Waals surface area contributed by atoms with Crippen LogP contribution in [0.3, 0.4) is 0 Å². The number of aromatic nitrogens is 1. The molecule has 0 amide bonds. The van der Waals surface area contributed by atoms with E-state index in [0.29, 0.717) is 23.9 Å². The molecular formula is C14H22F3IN4S. The molecule has 1 fully saturated rings. The molecule has 1 atom stereocenters. The number of thiazole rings is 1. The summed E-state index contributed by atoms with van der Waals surface area (Å²) in [7, 11) is 1.73. The lowest BCUT2D eigenvalue weighted by Gasteiger charge is -2.33. The van der Waals surface area contributed by atoms with Gasteiger partial charge in [-0.15, -0.1) is 35.3 Å². The molecule has 0 bridgehead atoms. The lowest BCUT2D eigenvalue weighted by Crippen LogP contribution is -2.46. The van der Waals surface area contributed by atoms with E-state index < -0.39 is 11.9 Å². The van der Waals surface area contributed by atoms with Crippen LogP contribution in [0.15, 0.2) is 10.4 Å². The number of guanidine groups is 1. The van der Waals surface area contributed by atoms with Gasteiger partial charge in [0.2, 0.25) is 0 Å². The van der Waals surface area contributed by atoms with Gasteiger partial charge >= 0.3 is 6.18 Å². The van der Waals surface area contributed by atoms with E-state index in [1.54, 1.807) is 7.05 Å². The van der Waals surface area contributed by atoms with Crippen molar-refractivity contribution in [2.45, 2.75) is 32.4 Å². The van der Waals surface area contributed by atoms with Crippen molar-refractivity contribution < 1.29 is 13.2 Å². The molecule has 0 saturated carbocycles. The summed E-state index contributed by atoms with van der Waals surface area (Å²) in [5.74, 6) is 1.46. The summed E-state index contributed by atoms with van der Waals surface area (Å²) in [4.78, 5) is 10.1. The molecule has 4 nitrogen and oxygen atoms in total. The van der Waals surface area contributed by atoms with Gasteiger partial charge in [0.25, 0.3) is 0 Å². The smallest absolute Gasteiger partial charge is 0.356 e. The Morgan fingerprint density at radius 1 is 1.52 bits per heavy atom. The van der Waals surface area contributed by atoms with Crippen LogP contribution >= 0.6 is 35.3 Å². The van der Waals surface area contributed by atoms with Gasteiger partial charge in [0.1, 0.15) is 0 Å². The topological polar surface area (TPSA) is 40.5 Å². The van der Waals surface area contributed by atoms with Gasteiger partial charge in [-0.25, -0.2) is 4.98 Å². The third-order valence-corrected chi connectivity index (χ3v) is 4.54. The monoisotopic (exact) mass is 462 g/mol. The Morgan fingerprint density at radius 2 is 2.26 bits per heavy atom. The standard InChI is InChI=1S/C14H21F3N4S.HI/c1-10-4-3-7-21(8-10)13(18-2)19-6-5-12-20-11(9-22-12)14(15,16)17;/h9-10H,3-8H2,1-2H3,(H,18,19);1H. The number of nitrogens with zero attached hydrogens (tertiary/aromatic N) is 3. The number of likely N-dealkylation sites (tertiary alicyclic amines) is 1. The van der Waals surface area contributed by atoms with Gasteiger partial charge in [-0.3, -0.25) is 4.99 Å². The Balaban J connectivity index is 0.00000264. The van der Waals surface area contributed by atoms with Crippen LogP contribution in [0.5, 0.6) is 0 Å². The van der Waals surface area contributed by atoms with Gasteiger partial charge < -0.3 is 10.2 Å². The molecule has 9 heteroatoms. The summed E-state index contributed by atoms with van der Waals surface area (Å²) in [5, 5.41) is 4.77. The Labute approximate surface area is 155 Å². The average molecular weight is 462 g/mol. The second-order valence-corrected chi connectivity index (χ2v) is 6.48. The molecule has 1 unspecified atom stereocenters. The van der Waals surface area contributed by atoms with Crippen molar-refractivity contribution in [3.63, 3.8) is 0 Å². The maximum atomic E-state index is 12.5. The molecule has 1 aromatic heterocycles. The molecule has 0 spiro atoms. The fraction of sp³-hybridized carbons (Fsp3) is 0.714. The number of rotatable bonds is 3. The van der Waals surface area contributed by atoms with Crippen LogP contribution in [0.1, 0.15) is 30.5 Å². The van der Waals surface area contributed by atoms with Gasteiger partial charge in [0, 0.05) is 38.5 Å². The van der Waals surface area contributed by atoms with Crippen molar-refractivity contribution >= 4 is 41.3 Å². The Bertz CT molecular complexity index is 518. The molecular weight excluding hydrogens is 440 g/mol. The number of aliphatic imine (C=N–C) groups is 1. The van der Waals surface area contributed by atoms with Crippen LogP contribution in [0.2, 0.25) is 0 Å². The van der Waals surface area contributed by atoms with E-state index >= 15 is 0 Å². The third kappa shape index (κ3) is 6.09. The molecule has 132 valence electrons. The zero-order chi connectivity index (χ0) is 16.2. The first-order chi connectivity index (χ1) is 10.4. The molecule has 1 aliphatic heterocycles. The number of alkyl halides is 3. The largest absolute Gasteiger partial charge is 0.434 e. The second-order valence-electron chi connectivity index (χ2n) is 5.54. The molecule has 1 N–H and O–H groups in total. The number of hydrogen-bond acceptors (Lipinski definition) is 3. The third-order valence-electron chi connectivity index (χ3n) is 3.63. The Kier molecular flexibility index (Phi) is 8.05. The fourth-order valence-corrected chi connectivity index (χ4v) is 3.36. The molecule has 2 heterocycles. The quantitative estimate of drug-likeness (QED) is 0.424. The summed E-state index contributed by atoms with van der Waals surface area (Å²) >= 11 is 1.05. The van der Waals surface area contributed by atoms with E-state index in [-0.39, 0.29) is 24.0 Å². The Hall–Kier alpha value is -0.580. The summed E-state index contributed by atoms with van der Waals surface area (Å²) < 4.78 is 37.5. The Morgan fingerprint density at radius 3 is 2.83 bits per heavy atom. The summed E-state index contributed by atoms with van der Waals surface area (Å²) in [5.41, 5.74) is -0.804. The second kappa shape index (κ2) is 9.05. The normalized spacial score (nSPS) is 19.4. The van der Waals surface area contributed by atoms with Crippen molar-refractivity contribution in [2.75, 3.05) is 26.7 Å². The van der Waals surface area contributed by atoms with E-state index in [4.69, 9.17) is 0 Å². The van der Waals surface area contributed by atoms with Crippen LogP contribution in [0.4, 0.5) is 13.2 Å². The SMILES string of the molecule is CN=C(NCCc1nc(C(F)(F)F)cs1)N1CCCC(C)C1.I. The summed E-state index contributed by atoms with van der Waals surface area (Å²) in [6.07, 6.45) is -1.53. The molecule has 1 aromatic rings. The van der Waals surface area contributed by atoms with Crippen molar-refractivity contribution in [3.05, 3.63) is 16.1 Å². The predicted molar refractivity (Wildman–Crippen MR) is 97.6 cm³/mol. The first-order valence-corrected chi connectivity index (χ1v) is 8.25. The maximum Gasteiger partial charge on any atom is 0.434 e. The van der Waals surface area contributed by atoms with Crippen molar-refractivity contribution in [2.24, 2.45) is 10.9 Å². The molecule has 0 aliphatic carbocycles. The molecule has 0 aromatic carbocycles. The molecule has 1 saturated heterocycles. The number of hydrogen-bond donors (Lipinski definition) is 1. The van der Waals surface area contributed by atoms with Crippen LogP contribution in [0, 0.1) is 5.92 Å². The van der Waals surface area contributed by atoms with Crippen molar-refractivity contribution in [3.8, 4) is 0 Å². The van der Waals surface area contributed by atoms with Crippen LogP contribution in [0.25, 0.3) is 0 Å². The highest BCUT2D eigenvalue weighted by Gasteiger charge is 2.33. The molecule has 23 heavy (non-hydrogen) atoms. The fourth-order valence-electron chi connectivity index (χ4n) is 2.55. The van der Waals surface area contributed by atoms with Crippen LogP contribution < -0.4 is 5.32 Å². The summed E-state index contributed by atoms with van der Waals surface area (Å²) in [6.45, 7) is 4.69. The molecule has 1 aliphatic rings. The van der Waals surface area contributed by atoms with Gasteiger partial charge in [-0.05, 0) is 18.8 Å². The first kappa shape index (κ1) is 20.5. The first-order valence-electron chi connectivity index (χ1n) is 7.37. The average Bonchev–Trinajstić information content (AvgIpc) is 2.92. The van der Waals surface area contributed by atoms with Crippen LogP contribution in [-0.4, -0.2) is 42.5 Å². The zero-order valence-electron chi connectivity index (χ0n) is 13.2. The minimum absolute atomic E-state index is 0. The van der Waals surface area contributed by atoms with E-state index in [0.717, 1.165) is 42.2 Å². The lowest BCUT2D eigenvalue weighted by molar-refractivity contribution is -0.140. The van der Waals surface area contributed by atoms with Crippen molar-refractivity contribution in [1.29, 1.82) is 0 Å². The van der Waals surface area contributed by atoms with Crippen LogP contribution in [-0.2, 0) is 12.6 Å². The van der Waals surface area contributed by atoms with E-state index in [1.807, 2.05) is 0 Å². The van der Waals surface area contributed by atoms with Gasteiger partial charge in [-0.1, -0.05) is 6.92 Å².